The Morgan fingerprint density at radius 3 is 2.40 bits per heavy atom. The molecule has 228 valence electrons. The molecule has 1 amide bonds. The average Bonchev–Trinajstić information content (AvgIpc) is 3.43. The summed E-state index contributed by atoms with van der Waals surface area (Å²) in [6, 6.07) is 21.9. The number of nitriles is 1. The van der Waals surface area contributed by atoms with Crippen LogP contribution >= 0.6 is 0 Å². The number of benzene rings is 2. The van der Waals surface area contributed by atoms with Gasteiger partial charge in [0.05, 0.1) is 31.4 Å². The lowest BCUT2D eigenvalue weighted by molar-refractivity contribution is 0.0681. The first kappa shape index (κ1) is 29.6. The van der Waals surface area contributed by atoms with Crippen LogP contribution in [0.3, 0.4) is 0 Å². The fourth-order valence-electron chi connectivity index (χ4n) is 5.46. The van der Waals surface area contributed by atoms with Crippen LogP contribution in [-0.2, 0) is 11.3 Å². The Kier molecular flexibility index (Phi) is 8.84. The summed E-state index contributed by atoms with van der Waals surface area (Å²) >= 11 is 0. The molecule has 0 bridgehead atoms. The van der Waals surface area contributed by atoms with Gasteiger partial charge in [0.25, 0.3) is 5.91 Å². The molecule has 3 aromatic heterocycles. The second kappa shape index (κ2) is 13.4. The van der Waals surface area contributed by atoms with E-state index in [-0.39, 0.29) is 18.1 Å². The molecule has 0 aliphatic heterocycles. The first-order valence-electron chi connectivity index (χ1n) is 14.8. The summed E-state index contributed by atoms with van der Waals surface area (Å²) in [5.74, 6) is 2.62. The summed E-state index contributed by atoms with van der Waals surface area (Å²) in [6.07, 6.45) is 7.40. The third-order valence-electron chi connectivity index (χ3n) is 7.91. The van der Waals surface area contributed by atoms with Crippen molar-refractivity contribution in [3.8, 4) is 23.3 Å². The van der Waals surface area contributed by atoms with Gasteiger partial charge in [-0.15, -0.1) is 0 Å². The maximum Gasteiger partial charge on any atom is 0.256 e. The Balaban J connectivity index is 1.26. The molecular weight excluding hydrogens is 570 g/mol. The van der Waals surface area contributed by atoms with Crippen molar-refractivity contribution >= 4 is 28.6 Å². The number of anilines is 2. The highest BCUT2D eigenvalue weighted by atomic mass is 16.5. The molecule has 11 nitrogen and oxygen atoms in total. The Morgan fingerprint density at radius 2 is 1.69 bits per heavy atom. The second-order valence-corrected chi connectivity index (χ2v) is 10.8. The lowest BCUT2D eigenvalue weighted by Crippen LogP contribution is -2.29. The van der Waals surface area contributed by atoms with E-state index >= 15 is 0 Å². The predicted molar refractivity (Wildman–Crippen MR) is 170 cm³/mol. The summed E-state index contributed by atoms with van der Waals surface area (Å²) in [5, 5.41) is 21.3. The molecule has 1 saturated carbocycles. The summed E-state index contributed by atoms with van der Waals surface area (Å²) in [7, 11) is 3.42. The minimum Gasteiger partial charge on any atom is -0.497 e. The van der Waals surface area contributed by atoms with Crippen LogP contribution in [-0.4, -0.2) is 52.0 Å². The molecule has 45 heavy (non-hydrogen) atoms. The highest BCUT2D eigenvalue weighted by molar-refractivity contribution is 6.03. The van der Waals surface area contributed by atoms with Gasteiger partial charge >= 0.3 is 0 Å². The molecule has 2 N–H and O–H groups in total. The number of nitrogens with one attached hydrogen (secondary N) is 2. The number of amides is 1. The molecule has 0 radical (unpaired) electrons. The van der Waals surface area contributed by atoms with Crippen molar-refractivity contribution in [1.82, 2.24) is 19.7 Å². The third-order valence-corrected chi connectivity index (χ3v) is 7.91. The second-order valence-electron chi connectivity index (χ2n) is 10.8. The van der Waals surface area contributed by atoms with Gasteiger partial charge in [0, 0.05) is 37.2 Å². The minimum absolute atomic E-state index is 0.248. The van der Waals surface area contributed by atoms with Gasteiger partial charge in [-0.05, 0) is 79.8 Å². The number of carbonyl (C=O) groups excluding carboxylic acids is 1. The molecule has 11 heteroatoms. The number of hydrogen-bond acceptors (Lipinski definition) is 9. The molecular formula is C34H33N7O4. The van der Waals surface area contributed by atoms with Crippen LogP contribution in [0.5, 0.6) is 17.2 Å². The average molecular weight is 604 g/mol. The lowest BCUT2D eigenvalue weighted by atomic mass is 9.93. The number of rotatable bonds is 10. The van der Waals surface area contributed by atoms with E-state index in [0.29, 0.717) is 46.5 Å². The zero-order chi connectivity index (χ0) is 31.2. The van der Waals surface area contributed by atoms with Crippen LogP contribution < -0.4 is 20.1 Å². The molecule has 1 fully saturated rings. The van der Waals surface area contributed by atoms with Crippen molar-refractivity contribution in [3.05, 3.63) is 95.8 Å². The van der Waals surface area contributed by atoms with Crippen molar-refractivity contribution in [2.45, 2.75) is 44.4 Å². The van der Waals surface area contributed by atoms with E-state index < -0.39 is 0 Å². The van der Waals surface area contributed by atoms with Gasteiger partial charge < -0.3 is 24.8 Å². The Morgan fingerprint density at radius 1 is 0.956 bits per heavy atom. The zero-order valence-corrected chi connectivity index (χ0v) is 25.1. The van der Waals surface area contributed by atoms with Crippen molar-refractivity contribution in [1.29, 1.82) is 5.26 Å². The predicted octanol–water partition coefficient (Wildman–Crippen LogP) is 6.17. The van der Waals surface area contributed by atoms with Gasteiger partial charge in [-0.3, -0.25) is 4.79 Å². The normalized spacial score (nSPS) is 16.1. The fourth-order valence-corrected chi connectivity index (χ4v) is 5.46. The van der Waals surface area contributed by atoms with Crippen LogP contribution in [0.15, 0.2) is 79.1 Å². The fraction of sp³-hybridized carbons (Fsp3) is 0.265. The SMILES string of the molecule is COc1ccc(Cn2nc(N[C@H]3CC[C@H](OC)CC3)c3c(Oc4ccc(C(=O)Nc5cc(C#N)ccn5)cc4)ccnc32)cc1. The highest BCUT2D eigenvalue weighted by Crippen LogP contribution is 2.36. The van der Waals surface area contributed by atoms with E-state index in [1.54, 1.807) is 50.7 Å². The quantitative estimate of drug-likeness (QED) is 0.192. The van der Waals surface area contributed by atoms with E-state index in [1.165, 1.54) is 12.3 Å². The summed E-state index contributed by atoms with van der Waals surface area (Å²) < 4.78 is 19.2. The summed E-state index contributed by atoms with van der Waals surface area (Å²) in [6.45, 7) is 0.519. The highest BCUT2D eigenvalue weighted by Gasteiger charge is 2.24. The summed E-state index contributed by atoms with van der Waals surface area (Å²) in [4.78, 5) is 21.6. The van der Waals surface area contributed by atoms with Crippen LogP contribution in [0.25, 0.3) is 11.0 Å². The molecule has 0 atom stereocenters. The Hall–Kier alpha value is -5.47. The van der Waals surface area contributed by atoms with E-state index in [0.717, 1.165) is 42.4 Å². The van der Waals surface area contributed by atoms with E-state index in [1.807, 2.05) is 41.1 Å². The van der Waals surface area contributed by atoms with E-state index in [4.69, 9.17) is 29.6 Å². The van der Waals surface area contributed by atoms with Crippen molar-refractivity contribution < 1.29 is 19.0 Å². The number of carbonyl (C=O) groups is 1. The van der Waals surface area contributed by atoms with Gasteiger partial charge in [-0.2, -0.15) is 10.4 Å². The molecule has 1 aliphatic carbocycles. The van der Waals surface area contributed by atoms with Gasteiger partial charge in [-0.1, -0.05) is 12.1 Å². The van der Waals surface area contributed by atoms with Gasteiger partial charge in [-0.25, -0.2) is 14.6 Å². The maximum absolute atomic E-state index is 12.8. The number of pyridine rings is 2. The standard InChI is InChI=1S/C34H33N7O4/c1-43-26-9-3-22(4-10-26)21-41-33-31(32(40-41)38-25-7-13-27(44-2)14-8-25)29(16-18-37-33)45-28-11-5-24(6-12-28)34(42)39-30-19-23(20-35)15-17-36-30/h3-6,9-12,15-19,25,27H,7-8,13-14,21H2,1-2H3,(H,38,40)(H,36,39,42)/t25-,27-. The summed E-state index contributed by atoms with van der Waals surface area (Å²) in [5.41, 5.74) is 2.59. The third kappa shape index (κ3) is 6.87. The minimum atomic E-state index is -0.343. The van der Waals surface area contributed by atoms with Gasteiger partial charge in [0.2, 0.25) is 0 Å². The van der Waals surface area contributed by atoms with Crippen LogP contribution in [0.4, 0.5) is 11.6 Å². The molecule has 0 spiro atoms. The number of fused-ring (bicyclic) bond motifs is 1. The molecule has 2 aromatic carbocycles. The molecule has 6 rings (SSSR count). The number of hydrogen-bond donors (Lipinski definition) is 2. The first-order chi connectivity index (χ1) is 22.0. The number of methoxy groups -OCH3 is 2. The largest absolute Gasteiger partial charge is 0.497 e. The lowest BCUT2D eigenvalue weighted by Gasteiger charge is -2.28. The van der Waals surface area contributed by atoms with Crippen molar-refractivity contribution in [3.63, 3.8) is 0 Å². The van der Waals surface area contributed by atoms with Gasteiger partial charge in [0.15, 0.2) is 11.5 Å². The maximum atomic E-state index is 12.8. The van der Waals surface area contributed by atoms with Gasteiger partial charge in [0.1, 0.15) is 28.5 Å². The molecule has 3 heterocycles. The topological polar surface area (TPSA) is 136 Å². The molecule has 0 saturated heterocycles. The Labute approximate surface area is 260 Å². The number of aromatic nitrogens is 4. The van der Waals surface area contributed by atoms with Crippen molar-refractivity contribution in [2.75, 3.05) is 24.9 Å². The van der Waals surface area contributed by atoms with E-state index in [2.05, 4.69) is 15.6 Å². The number of ether oxygens (including phenoxy) is 3. The zero-order valence-electron chi connectivity index (χ0n) is 25.1. The smallest absolute Gasteiger partial charge is 0.256 e. The number of nitrogens with zero attached hydrogens (tertiary/aromatic N) is 5. The van der Waals surface area contributed by atoms with E-state index in [9.17, 15) is 4.79 Å². The molecule has 5 aromatic rings. The van der Waals surface area contributed by atoms with Crippen LogP contribution in [0, 0.1) is 11.3 Å². The van der Waals surface area contributed by atoms with Crippen molar-refractivity contribution in [2.24, 2.45) is 0 Å². The molecule has 1 aliphatic rings. The monoisotopic (exact) mass is 603 g/mol. The first-order valence-corrected chi connectivity index (χ1v) is 14.8. The van der Waals surface area contributed by atoms with Crippen LogP contribution in [0.2, 0.25) is 0 Å². The molecule has 0 unspecified atom stereocenters. The van der Waals surface area contributed by atoms with Crippen LogP contribution in [0.1, 0.15) is 47.2 Å². The Bertz CT molecular complexity index is 1820.